The molecule has 5 nitrogen and oxygen atoms in total. The number of aromatic nitrogens is 2. The van der Waals surface area contributed by atoms with E-state index in [0.717, 1.165) is 35.7 Å². The summed E-state index contributed by atoms with van der Waals surface area (Å²) in [7, 11) is 4.07. The first kappa shape index (κ1) is 23.5. The first-order chi connectivity index (χ1) is 16.5. The van der Waals surface area contributed by atoms with E-state index < -0.39 is 0 Å². The van der Waals surface area contributed by atoms with Gasteiger partial charge >= 0.3 is 0 Å². The second-order valence-electron chi connectivity index (χ2n) is 8.84. The molecule has 1 aromatic heterocycles. The molecule has 1 heterocycles. The molecule has 0 atom stereocenters. The Kier molecular flexibility index (Phi) is 7.55. The lowest BCUT2D eigenvalue weighted by Gasteiger charge is -2.15. The molecule has 0 amide bonds. The number of hydrogen-bond donors (Lipinski definition) is 1. The molecule has 0 fully saturated rings. The standard InChI is InChI=1S/C29H32N4O/c1-21-18-22(2)26(20-23-8-6-5-7-9-23)27(19-21)28-14-15-30-29(32-28)31-24-10-12-25(13-11-24)34-17-16-33(3)4/h5-15,18-19H,16-17,20H2,1-4H3,(H,30,31,32). The fourth-order valence-corrected chi connectivity index (χ4v) is 3.94. The van der Waals surface area contributed by atoms with Crippen LogP contribution < -0.4 is 10.1 Å². The lowest BCUT2D eigenvalue weighted by Crippen LogP contribution is -2.19. The van der Waals surface area contributed by atoms with E-state index in [1.165, 1.54) is 22.3 Å². The van der Waals surface area contributed by atoms with E-state index in [-0.39, 0.29) is 0 Å². The molecule has 0 saturated carbocycles. The van der Waals surface area contributed by atoms with E-state index in [9.17, 15) is 0 Å². The van der Waals surface area contributed by atoms with E-state index >= 15 is 0 Å². The number of hydrogen-bond acceptors (Lipinski definition) is 5. The van der Waals surface area contributed by atoms with Gasteiger partial charge in [0.15, 0.2) is 0 Å². The average molecular weight is 453 g/mol. The second-order valence-corrected chi connectivity index (χ2v) is 8.84. The number of ether oxygens (including phenoxy) is 1. The molecule has 174 valence electrons. The van der Waals surface area contributed by atoms with E-state index in [2.05, 4.69) is 71.5 Å². The van der Waals surface area contributed by atoms with Crippen LogP contribution in [0.3, 0.4) is 0 Å². The van der Waals surface area contributed by atoms with Crippen molar-refractivity contribution in [1.29, 1.82) is 0 Å². The lowest BCUT2D eigenvalue weighted by molar-refractivity contribution is 0.261. The molecule has 0 aliphatic rings. The van der Waals surface area contributed by atoms with Crippen LogP contribution in [0.1, 0.15) is 22.3 Å². The Hall–Kier alpha value is -3.70. The van der Waals surface area contributed by atoms with Crippen LogP contribution in [0, 0.1) is 13.8 Å². The van der Waals surface area contributed by atoms with Gasteiger partial charge in [-0.15, -0.1) is 0 Å². The summed E-state index contributed by atoms with van der Waals surface area (Å²) in [5.74, 6) is 1.42. The van der Waals surface area contributed by atoms with Gasteiger partial charge < -0.3 is 15.0 Å². The Morgan fingerprint density at radius 3 is 2.41 bits per heavy atom. The highest BCUT2D eigenvalue weighted by molar-refractivity contribution is 5.68. The average Bonchev–Trinajstić information content (AvgIpc) is 2.82. The predicted molar refractivity (Wildman–Crippen MR) is 140 cm³/mol. The zero-order valence-electron chi connectivity index (χ0n) is 20.4. The molecule has 0 unspecified atom stereocenters. The molecule has 0 aliphatic heterocycles. The Balaban J connectivity index is 1.55. The molecule has 3 aromatic carbocycles. The van der Waals surface area contributed by atoms with Crippen LogP contribution >= 0.6 is 0 Å². The maximum Gasteiger partial charge on any atom is 0.227 e. The van der Waals surface area contributed by atoms with Crippen LogP contribution in [0.5, 0.6) is 5.75 Å². The van der Waals surface area contributed by atoms with Crippen LogP contribution in [0.25, 0.3) is 11.3 Å². The molecular formula is C29H32N4O. The summed E-state index contributed by atoms with van der Waals surface area (Å²) >= 11 is 0. The number of nitrogens with zero attached hydrogens (tertiary/aromatic N) is 3. The molecule has 5 heteroatoms. The van der Waals surface area contributed by atoms with Gasteiger partial charge in [-0.1, -0.05) is 42.0 Å². The maximum absolute atomic E-state index is 5.78. The lowest BCUT2D eigenvalue weighted by atomic mass is 9.92. The summed E-state index contributed by atoms with van der Waals surface area (Å²) in [5.41, 5.74) is 8.06. The number of nitrogens with one attached hydrogen (secondary N) is 1. The fourth-order valence-electron chi connectivity index (χ4n) is 3.94. The smallest absolute Gasteiger partial charge is 0.227 e. The molecule has 4 rings (SSSR count). The SMILES string of the molecule is Cc1cc(C)c(Cc2ccccc2)c(-c2ccnc(Nc3ccc(OCCN(C)C)cc3)n2)c1. The van der Waals surface area contributed by atoms with Crippen molar-refractivity contribution in [2.75, 3.05) is 32.6 Å². The summed E-state index contributed by atoms with van der Waals surface area (Å²) in [5, 5.41) is 3.33. The second kappa shape index (κ2) is 10.9. The van der Waals surface area contributed by atoms with Gasteiger partial charge in [0.2, 0.25) is 5.95 Å². The molecule has 0 spiro atoms. The summed E-state index contributed by atoms with van der Waals surface area (Å²) < 4.78 is 5.78. The quantitative estimate of drug-likeness (QED) is 0.336. The summed E-state index contributed by atoms with van der Waals surface area (Å²) in [4.78, 5) is 11.4. The zero-order valence-corrected chi connectivity index (χ0v) is 20.4. The van der Waals surface area contributed by atoms with Crippen molar-refractivity contribution in [2.45, 2.75) is 20.3 Å². The zero-order chi connectivity index (χ0) is 23.9. The van der Waals surface area contributed by atoms with Crippen molar-refractivity contribution >= 4 is 11.6 Å². The Labute approximate surface area is 202 Å². The highest BCUT2D eigenvalue weighted by Crippen LogP contribution is 2.29. The molecule has 0 bridgehead atoms. The summed E-state index contributed by atoms with van der Waals surface area (Å²) in [6, 6.07) is 24.9. The number of likely N-dealkylation sites (N-methyl/N-ethyl adjacent to an activating group) is 1. The third kappa shape index (κ3) is 6.21. The van der Waals surface area contributed by atoms with Gasteiger partial charge in [0.25, 0.3) is 0 Å². The number of aryl methyl sites for hydroxylation is 2. The van der Waals surface area contributed by atoms with E-state index in [4.69, 9.17) is 9.72 Å². The van der Waals surface area contributed by atoms with E-state index in [1.54, 1.807) is 0 Å². The van der Waals surface area contributed by atoms with Gasteiger partial charge in [-0.25, -0.2) is 9.97 Å². The largest absolute Gasteiger partial charge is 0.492 e. The van der Waals surface area contributed by atoms with Gasteiger partial charge in [-0.05, 0) is 87.5 Å². The third-order valence-electron chi connectivity index (χ3n) is 5.69. The van der Waals surface area contributed by atoms with E-state index in [0.29, 0.717) is 12.6 Å². The van der Waals surface area contributed by atoms with Crippen molar-refractivity contribution in [3.05, 3.63) is 101 Å². The normalized spacial score (nSPS) is 11.0. The molecular weight excluding hydrogens is 420 g/mol. The van der Waals surface area contributed by atoms with E-state index in [1.807, 2.05) is 50.6 Å². The topological polar surface area (TPSA) is 50.3 Å². The van der Waals surface area contributed by atoms with Gasteiger partial charge in [0.1, 0.15) is 12.4 Å². The minimum absolute atomic E-state index is 0.573. The van der Waals surface area contributed by atoms with Crippen LogP contribution in [0.2, 0.25) is 0 Å². The van der Waals surface area contributed by atoms with Gasteiger partial charge in [-0.2, -0.15) is 0 Å². The van der Waals surface area contributed by atoms with Gasteiger partial charge in [0, 0.05) is 24.0 Å². The Bertz CT molecular complexity index is 1220. The highest BCUT2D eigenvalue weighted by Gasteiger charge is 2.12. The summed E-state index contributed by atoms with van der Waals surface area (Å²) in [6.45, 7) is 5.85. The Morgan fingerprint density at radius 1 is 0.912 bits per heavy atom. The molecule has 4 aromatic rings. The number of rotatable bonds is 9. The van der Waals surface area contributed by atoms with Crippen molar-refractivity contribution in [1.82, 2.24) is 14.9 Å². The molecule has 0 radical (unpaired) electrons. The maximum atomic E-state index is 5.78. The predicted octanol–water partition coefficient (Wildman–Crippen LogP) is 6.04. The number of anilines is 2. The number of benzene rings is 3. The van der Waals surface area contributed by atoms with Gasteiger partial charge in [-0.3, -0.25) is 0 Å². The molecule has 34 heavy (non-hydrogen) atoms. The minimum atomic E-state index is 0.573. The Morgan fingerprint density at radius 2 is 1.68 bits per heavy atom. The third-order valence-corrected chi connectivity index (χ3v) is 5.69. The van der Waals surface area contributed by atoms with Crippen LogP contribution in [-0.2, 0) is 6.42 Å². The van der Waals surface area contributed by atoms with Crippen LogP contribution in [0.15, 0.2) is 79.0 Å². The highest BCUT2D eigenvalue weighted by atomic mass is 16.5. The van der Waals surface area contributed by atoms with Crippen LogP contribution in [0.4, 0.5) is 11.6 Å². The van der Waals surface area contributed by atoms with Crippen molar-refractivity contribution < 1.29 is 4.74 Å². The minimum Gasteiger partial charge on any atom is -0.492 e. The van der Waals surface area contributed by atoms with Crippen molar-refractivity contribution in [3.8, 4) is 17.0 Å². The summed E-state index contributed by atoms with van der Waals surface area (Å²) in [6.07, 6.45) is 2.68. The van der Waals surface area contributed by atoms with Crippen molar-refractivity contribution in [2.24, 2.45) is 0 Å². The van der Waals surface area contributed by atoms with Crippen LogP contribution in [-0.4, -0.2) is 42.1 Å². The molecule has 1 N–H and O–H groups in total. The van der Waals surface area contributed by atoms with Gasteiger partial charge in [0.05, 0.1) is 5.69 Å². The molecule has 0 saturated heterocycles. The first-order valence-corrected chi connectivity index (χ1v) is 11.6. The monoisotopic (exact) mass is 452 g/mol. The fraction of sp³-hybridized carbons (Fsp3) is 0.241. The van der Waals surface area contributed by atoms with Crippen molar-refractivity contribution in [3.63, 3.8) is 0 Å². The first-order valence-electron chi connectivity index (χ1n) is 11.6. The molecule has 0 aliphatic carbocycles.